The summed E-state index contributed by atoms with van der Waals surface area (Å²) in [5.41, 5.74) is 3.05. The van der Waals surface area contributed by atoms with E-state index in [-0.39, 0.29) is 24.8 Å². The molecule has 2 N–H and O–H groups in total. The zero-order chi connectivity index (χ0) is 20.1. The van der Waals surface area contributed by atoms with E-state index in [1.165, 1.54) is 0 Å². The van der Waals surface area contributed by atoms with Gasteiger partial charge < -0.3 is 10.6 Å². The average molecular weight is 442 g/mol. The molecule has 0 spiro atoms. The molecule has 2 amide bonds. The van der Waals surface area contributed by atoms with Crippen molar-refractivity contribution < 1.29 is 9.59 Å². The molecular weight excluding hydrogens is 422 g/mol. The van der Waals surface area contributed by atoms with E-state index in [1.807, 2.05) is 19.9 Å². The number of anilines is 1. The molecule has 0 saturated heterocycles. The normalized spacial score (nSPS) is 10.5. The fourth-order valence-electron chi connectivity index (χ4n) is 2.66. The van der Waals surface area contributed by atoms with Gasteiger partial charge in [0.05, 0.1) is 17.6 Å². The topological polar surface area (TPSA) is 88.9 Å². The summed E-state index contributed by atoms with van der Waals surface area (Å²) >= 11 is 3.33. The first kappa shape index (κ1) is 19.8. The van der Waals surface area contributed by atoms with Gasteiger partial charge in [0, 0.05) is 28.7 Å². The Balaban J connectivity index is 1.49. The van der Waals surface area contributed by atoms with E-state index < -0.39 is 0 Å². The van der Waals surface area contributed by atoms with Gasteiger partial charge in [-0.15, -0.1) is 0 Å². The van der Waals surface area contributed by atoms with Crippen LogP contribution in [-0.2, 0) is 4.79 Å². The highest BCUT2D eigenvalue weighted by molar-refractivity contribution is 9.10. The van der Waals surface area contributed by atoms with Crippen molar-refractivity contribution in [1.82, 2.24) is 20.1 Å². The minimum absolute atomic E-state index is 0.168. The summed E-state index contributed by atoms with van der Waals surface area (Å²) in [5.74, 6) is 0.276. The van der Waals surface area contributed by atoms with Gasteiger partial charge in [-0.3, -0.25) is 9.59 Å². The van der Waals surface area contributed by atoms with Gasteiger partial charge in [-0.2, -0.15) is 5.10 Å². The van der Waals surface area contributed by atoms with Crippen LogP contribution in [0.5, 0.6) is 0 Å². The lowest BCUT2D eigenvalue weighted by Gasteiger charge is -2.08. The summed E-state index contributed by atoms with van der Waals surface area (Å²) in [6.07, 6.45) is 1.76. The maximum absolute atomic E-state index is 12.1. The van der Waals surface area contributed by atoms with Gasteiger partial charge in [0.2, 0.25) is 5.91 Å². The fourth-order valence-corrected chi connectivity index (χ4v) is 2.93. The molecule has 28 heavy (non-hydrogen) atoms. The molecule has 0 aliphatic carbocycles. The molecule has 0 aliphatic heterocycles. The highest BCUT2D eigenvalue weighted by atomic mass is 79.9. The minimum atomic E-state index is -0.212. The molecule has 2 aromatic heterocycles. The molecule has 144 valence electrons. The summed E-state index contributed by atoms with van der Waals surface area (Å²) in [6.45, 7) is 4.13. The summed E-state index contributed by atoms with van der Waals surface area (Å²) in [4.78, 5) is 28.4. The zero-order valence-corrected chi connectivity index (χ0v) is 17.2. The van der Waals surface area contributed by atoms with Crippen molar-refractivity contribution in [3.05, 3.63) is 70.1 Å². The van der Waals surface area contributed by atoms with Gasteiger partial charge in [-0.05, 0) is 56.3 Å². The van der Waals surface area contributed by atoms with Crippen molar-refractivity contribution in [2.75, 3.05) is 11.9 Å². The van der Waals surface area contributed by atoms with Crippen LogP contribution >= 0.6 is 15.9 Å². The number of hydrogen-bond donors (Lipinski definition) is 2. The molecule has 2 heterocycles. The lowest BCUT2D eigenvalue weighted by atomic mass is 10.2. The molecule has 1 aromatic carbocycles. The maximum Gasteiger partial charge on any atom is 0.251 e. The second-order valence-electron chi connectivity index (χ2n) is 6.30. The van der Waals surface area contributed by atoms with Gasteiger partial charge in [-0.1, -0.05) is 15.9 Å². The second kappa shape index (κ2) is 8.79. The van der Waals surface area contributed by atoms with Crippen molar-refractivity contribution in [3.8, 4) is 5.82 Å². The summed E-state index contributed by atoms with van der Waals surface area (Å²) in [5, 5.41) is 9.89. The quantitative estimate of drug-likeness (QED) is 0.613. The Morgan fingerprint density at radius 2 is 1.86 bits per heavy atom. The minimum Gasteiger partial charge on any atom is -0.352 e. The van der Waals surface area contributed by atoms with Gasteiger partial charge in [-0.25, -0.2) is 9.67 Å². The van der Waals surface area contributed by atoms with Crippen molar-refractivity contribution in [3.63, 3.8) is 0 Å². The molecule has 0 unspecified atom stereocenters. The highest BCUT2D eigenvalue weighted by Crippen LogP contribution is 2.13. The van der Waals surface area contributed by atoms with E-state index in [1.54, 1.807) is 47.3 Å². The van der Waals surface area contributed by atoms with E-state index in [0.29, 0.717) is 17.1 Å². The van der Waals surface area contributed by atoms with Crippen molar-refractivity contribution >= 4 is 33.4 Å². The van der Waals surface area contributed by atoms with Crippen molar-refractivity contribution in [1.29, 1.82) is 0 Å². The molecule has 7 nitrogen and oxygen atoms in total. The predicted octanol–water partition coefficient (Wildman–Crippen LogP) is 3.41. The molecular formula is C20H20BrN5O2. The number of halogens is 1. The Labute approximate surface area is 171 Å². The Morgan fingerprint density at radius 1 is 1.11 bits per heavy atom. The average Bonchev–Trinajstić information content (AvgIpc) is 3.01. The van der Waals surface area contributed by atoms with Gasteiger partial charge in [0.15, 0.2) is 5.82 Å². The Morgan fingerprint density at radius 3 is 2.46 bits per heavy atom. The van der Waals surface area contributed by atoms with Crippen LogP contribution in [0, 0.1) is 13.8 Å². The molecule has 0 saturated carbocycles. The molecule has 0 fully saturated rings. The number of aryl methyl sites for hydroxylation is 2. The van der Waals surface area contributed by atoms with Crippen molar-refractivity contribution in [2.45, 2.75) is 20.3 Å². The molecule has 0 atom stereocenters. The van der Waals surface area contributed by atoms with E-state index in [9.17, 15) is 9.59 Å². The molecule has 3 aromatic rings. The second-order valence-corrected chi connectivity index (χ2v) is 7.22. The van der Waals surface area contributed by atoms with Crippen LogP contribution in [0.25, 0.3) is 5.82 Å². The lowest BCUT2D eigenvalue weighted by molar-refractivity contribution is -0.116. The third-order valence-electron chi connectivity index (χ3n) is 4.00. The summed E-state index contributed by atoms with van der Waals surface area (Å²) < 4.78 is 2.65. The first-order valence-corrected chi connectivity index (χ1v) is 9.55. The van der Waals surface area contributed by atoms with E-state index >= 15 is 0 Å². The Kier molecular flexibility index (Phi) is 6.20. The lowest BCUT2D eigenvalue weighted by Crippen LogP contribution is -2.27. The highest BCUT2D eigenvalue weighted by Gasteiger charge is 2.08. The number of benzene rings is 1. The van der Waals surface area contributed by atoms with Gasteiger partial charge in [0.1, 0.15) is 0 Å². The summed E-state index contributed by atoms with van der Waals surface area (Å²) in [6, 6.07) is 12.6. The van der Waals surface area contributed by atoms with E-state index in [2.05, 4.69) is 36.6 Å². The smallest absolute Gasteiger partial charge is 0.251 e. The van der Waals surface area contributed by atoms with Crippen LogP contribution in [0.2, 0.25) is 0 Å². The zero-order valence-electron chi connectivity index (χ0n) is 15.6. The molecule has 3 rings (SSSR count). The number of rotatable bonds is 6. The number of hydrogen-bond acceptors (Lipinski definition) is 4. The van der Waals surface area contributed by atoms with Crippen LogP contribution in [0.3, 0.4) is 0 Å². The Bertz CT molecular complexity index is 981. The number of carbonyl (C=O) groups excluding carboxylic acids is 2. The van der Waals surface area contributed by atoms with Crippen LogP contribution in [0.15, 0.2) is 53.1 Å². The largest absolute Gasteiger partial charge is 0.352 e. The van der Waals surface area contributed by atoms with E-state index in [0.717, 1.165) is 15.9 Å². The van der Waals surface area contributed by atoms with Crippen LogP contribution < -0.4 is 10.6 Å². The molecule has 0 radical (unpaired) electrons. The predicted molar refractivity (Wildman–Crippen MR) is 111 cm³/mol. The van der Waals surface area contributed by atoms with Gasteiger partial charge in [0.25, 0.3) is 5.91 Å². The summed E-state index contributed by atoms with van der Waals surface area (Å²) in [7, 11) is 0. The number of aromatic nitrogens is 3. The SMILES string of the molecule is Cc1cc(C)n(-c2ccc(NC(=O)CCNC(=O)c3ccc(Br)cc3)cn2)n1. The number of pyridine rings is 1. The Hall–Kier alpha value is -3.00. The van der Waals surface area contributed by atoms with E-state index in [4.69, 9.17) is 0 Å². The first-order chi connectivity index (χ1) is 13.4. The number of nitrogens with one attached hydrogen (secondary N) is 2. The van der Waals surface area contributed by atoms with Crippen LogP contribution in [0.1, 0.15) is 28.2 Å². The third-order valence-corrected chi connectivity index (χ3v) is 4.53. The maximum atomic E-state index is 12.1. The standard InChI is InChI=1S/C20H20BrN5O2/c1-13-11-14(2)26(25-13)18-8-7-17(12-23-18)24-19(27)9-10-22-20(28)15-3-5-16(21)6-4-15/h3-8,11-12H,9-10H2,1-2H3,(H,22,28)(H,24,27). The number of carbonyl (C=O) groups is 2. The van der Waals surface area contributed by atoms with Crippen LogP contribution in [0.4, 0.5) is 5.69 Å². The van der Waals surface area contributed by atoms with Gasteiger partial charge >= 0.3 is 0 Å². The molecule has 8 heteroatoms. The fraction of sp³-hybridized carbons (Fsp3) is 0.200. The first-order valence-electron chi connectivity index (χ1n) is 8.76. The van der Waals surface area contributed by atoms with Crippen LogP contribution in [-0.4, -0.2) is 33.1 Å². The molecule has 0 bridgehead atoms. The third kappa shape index (κ3) is 5.04. The number of nitrogens with zero attached hydrogens (tertiary/aromatic N) is 3. The van der Waals surface area contributed by atoms with Crippen molar-refractivity contribution in [2.24, 2.45) is 0 Å². The monoisotopic (exact) mass is 441 g/mol. The number of amides is 2. The molecule has 0 aliphatic rings.